The van der Waals surface area contributed by atoms with Crippen molar-refractivity contribution in [1.29, 1.82) is 0 Å². The molecule has 0 radical (unpaired) electrons. The van der Waals surface area contributed by atoms with Crippen LogP contribution in [0.2, 0.25) is 0 Å². The third-order valence-electron chi connectivity index (χ3n) is 4.80. The summed E-state index contributed by atoms with van der Waals surface area (Å²) < 4.78 is 5.04. The predicted octanol–water partition coefficient (Wildman–Crippen LogP) is 2.43. The van der Waals surface area contributed by atoms with Gasteiger partial charge in [-0.2, -0.15) is 0 Å². The molecule has 0 saturated carbocycles. The zero-order valence-corrected chi connectivity index (χ0v) is 16.4. The molecule has 2 aromatic rings. The molecular weight excluding hydrogens is 390 g/mol. The van der Waals surface area contributed by atoms with Gasteiger partial charge in [0.2, 0.25) is 5.91 Å². The zero-order chi connectivity index (χ0) is 21.7. The molecule has 0 aliphatic carbocycles. The first-order valence-electron chi connectivity index (χ1n) is 9.36. The summed E-state index contributed by atoms with van der Waals surface area (Å²) in [7, 11) is 0. The van der Waals surface area contributed by atoms with Crippen LogP contribution in [0, 0.1) is 23.0 Å². The van der Waals surface area contributed by atoms with Crippen LogP contribution >= 0.6 is 0 Å². The van der Waals surface area contributed by atoms with Crippen LogP contribution in [-0.4, -0.2) is 40.8 Å². The van der Waals surface area contributed by atoms with Gasteiger partial charge in [0.05, 0.1) is 10.8 Å². The minimum absolute atomic E-state index is 0.0391. The van der Waals surface area contributed by atoms with Crippen LogP contribution in [0.4, 0.5) is 11.4 Å². The van der Waals surface area contributed by atoms with E-state index < -0.39 is 29.3 Å². The number of aryl methyl sites for hydroxylation is 1. The average Bonchev–Trinajstić information content (AvgIpc) is 3.08. The molecule has 9 heteroatoms. The lowest BCUT2D eigenvalue weighted by atomic mass is 10.1. The topological polar surface area (TPSA) is 119 Å². The fourth-order valence-electron chi connectivity index (χ4n) is 3.22. The van der Waals surface area contributed by atoms with Crippen LogP contribution in [0.5, 0.6) is 0 Å². The Balaban J connectivity index is 1.49. The molecule has 1 saturated heterocycles. The van der Waals surface area contributed by atoms with Gasteiger partial charge in [0.15, 0.2) is 6.61 Å². The number of hydrogen-bond donors (Lipinski definition) is 1. The van der Waals surface area contributed by atoms with Crippen molar-refractivity contribution in [2.45, 2.75) is 19.9 Å². The van der Waals surface area contributed by atoms with Crippen molar-refractivity contribution < 1.29 is 24.0 Å². The number of anilines is 1. The Morgan fingerprint density at radius 1 is 1.23 bits per heavy atom. The molecule has 1 aliphatic heterocycles. The molecule has 1 aliphatic rings. The molecule has 156 valence electrons. The average molecular weight is 411 g/mol. The van der Waals surface area contributed by atoms with Crippen molar-refractivity contribution in [3.05, 3.63) is 69.8 Å². The fourth-order valence-corrected chi connectivity index (χ4v) is 3.22. The zero-order valence-electron chi connectivity index (χ0n) is 16.4. The van der Waals surface area contributed by atoms with E-state index in [9.17, 15) is 24.5 Å². The number of rotatable bonds is 7. The number of nitro benzene ring substituents is 1. The summed E-state index contributed by atoms with van der Waals surface area (Å²) in [6, 6.07) is 13.7. The number of amides is 2. The molecule has 0 spiro atoms. The summed E-state index contributed by atoms with van der Waals surface area (Å²) in [5, 5.41) is 13.4. The number of hydrogen-bond acceptors (Lipinski definition) is 6. The predicted molar refractivity (Wildman–Crippen MR) is 107 cm³/mol. The van der Waals surface area contributed by atoms with Crippen molar-refractivity contribution in [3.8, 4) is 0 Å². The van der Waals surface area contributed by atoms with E-state index in [1.807, 2.05) is 30.3 Å². The molecule has 2 amide bonds. The molecule has 9 nitrogen and oxygen atoms in total. The summed E-state index contributed by atoms with van der Waals surface area (Å²) in [5.74, 6) is -2.01. The van der Waals surface area contributed by atoms with Crippen LogP contribution in [0.3, 0.4) is 0 Å². The van der Waals surface area contributed by atoms with Crippen molar-refractivity contribution in [2.24, 2.45) is 5.92 Å². The number of nitrogens with one attached hydrogen (secondary N) is 1. The number of carbonyl (C=O) groups is 3. The smallest absolute Gasteiger partial charge is 0.311 e. The monoisotopic (exact) mass is 411 g/mol. The second kappa shape index (κ2) is 9.17. The van der Waals surface area contributed by atoms with Gasteiger partial charge < -0.3 is 15.0 Å². The fraction of sp³-hybridized carbons (Fsp3) is 0.286. The maximum atomic E-state index is 12.3. The van der Waals surface area contributed by atoms with Crippen molar-refractivity contribution in [1.82, 2.24) is 4.90 Å². The maximum Gasteiger partial charge on any atom is 0.311 e. The van der Waals surface area contributed by atoms with Gasteiger partial charge >= 0.3 is 5.97 Å². The first-order chi connectivity index (χ1) is 14.3. The van der Waals surface area contributed by atoms with Crippen LogP contribution < -0.4 is 5.32 Å². The van der Waals surface area contributed by atoms with Gasteiger partial charge in [0, 0.05) is 36.8 Å². The molecule has 2 aromatic carbocycles. The molecule has 0 bridgehead atoms. The Hall–Kier alpha value is -3.75. The van der Waals surface area contributed by atoms with E-state index in [1.165, 1.54) is 18.2 Å². The number of benzene rings is 2. The van der Waals surface area contributed by atoms with E-state index in [2.05, 4.69) is 5.32 Å². The van der Waals surface area contributed by atoms with Crippen LogP contribution in [0.25, 0.3) is 0 Å². The van der Waals surface area contributed by atoms with Crippen LogP contribution in [-0.2, 0) is 25.7 Å². The second-order valence-corrected chi connectivity index (χ2v) is 7.08. The summed E-state index contributed by atoms with van der Waals surface area (Å²) in [6.45, 7) is 1.70. The van der Waals surface area contributed by atoms with Gasteiger partial charge in [0.25, 0.3) is 11.6 Å². The first kappa shape index (κ1) is 21.0. The summed E-state index contributed by atoms with van der Waals surface area (Å²) in [5.41, 5.74) is 1.55. The first-order valence-corrected chi connectivity index (χ1v) is 9.36. The van der Waals surface area contributed by atoms with Gasteiger partial charge in [-0.15, -0.1) is 0 Å². The Bertz CT molecular complexity index is 976. The lowest BCUT2D eigenvalue weighted by Gasteiger charge is -2.16. The Morgan fingerprint density at radius 3 is 2.67 bits per heavy atom. The Morgan fingerprint density at radius 2 is 1.97 bits per heavy atom. The van der Waals surface area contributed by atoms with E-state index in [0.717, 1.165) is 5.56 Å². The van der Waals surface area contributed by atoms with Crippen molar-refractivity contribution in [2.75, 3.05) is 18.5 Å². The molecule has 1 atom stereocenters. The SMILES string of the molecule is Cc1ccc(NC(=O)COC(=O)[C@H]2CC(=O)N(Cc3ccccc3)C2)cc1[N+](=O)[O-]. The highest BCUT2D eigenvalue weighted by Crippen LogP contribution is 2.23. The molecule has 1 N–H and O–H groups in total. The quantitative estimate of drug-likeness (QED) is 0.425. The lowest BCUT2D eigenvalue weighted by Crippen LogP contribution is -2.28. The van der Waals surface area contributed by atoms with Gasteiger partial charge in [-0.05, 0) is 18.6 Å². The highest BCUT2D eigenvalue weighted by atomic mass is 16.6. The van der Waals surface area contributed by atoms with Gasteiger partial charge in [-0.25, -0.2) is 0 Å². The number of likely N-dealkylation sites (tertiary alicyclic amines) is 1. The summed E-state index contributed by atoms with van der Waals surface area (Å²) >= 11 is 0. The lowest BCUT2D eigenvalue weighted by molar-refractivity contribution is -0.385. The number of esters is 1. The van der Waals surface area contributed by atoms with Crippen LogP contribution in [0.1, 0.15) is 17.5 Å². The largest absolute Gasteiger partial charge is 0.455 e. The van der Waals surface area contributed by atoms with Gasteiger partial charge in [-0.3, -0.25) is 24.5 Å². The van der Waals surface area contributed by atoms with E-state index in [1.54, 1.807) is 11.8 Å². The highest BCUT2D eigenvalue weighted by Gasteiger charge is 2.35. The molecular formula is C21H21N3O6. The summed E-state index contributed by atoms with van der Waals surface area (Å²) in [4.78, 5) is 48.5. The molecule has 3 rings (SSSR count). The molecule has 1 heterocycles. The number of nitro groups is 1. The van der Waals surface area contributed by atoms with Crippen LogP contribution in [0.15, 0.2) is 48.5 Å². The molecule has 0 unspecified atom stereocenters. The molecule has 1 fully saturated rings. The number of nitrogens with zero attached hydrogens (tertiary/aromatic N) is 2. The van der Waals surface area contributed by atoms with Gasteiger partial charge in [0.1, 0.15) is 0 Å². The minimum atomic E-state index is -0.630. The second-order valence-electron chi connectivity index (χ2n) is 7.08. The normalized spacial score (nSPS) is 15.7. The number of ether oxygens (including phenoxy) is 1. The highest BCUT2D eigenvalue weighted by molar-refractivity contribution is 5.94. The Kier molecular flexibility index (Phi) is 6.41. The van der Waals surface area contributed by atoms with E-state index in [4.69, 9.17) is 4.74 Å². The third-order valence-corrected chi connectivity index (χ3v) is 4.80. The third kappa shape index (κ3) is 5.19. The number of carbonyl (C=O) groups excluding carboxylic acids is 3. The van der Waals surface area contributed by atoms with E-state index in [0.29, 0.717) is 12.1 Å². The standard InChI is InChI=1S/C21H21N3O6/c1-14-7-8-17(10-18(14)24(28)29)22-19(25)13-30-21(27)16-9-20(26)23(12-16)11-15-5-3-2-4-6-15/h2-8,10,16H,9,11-13H2,1H3,(H,22,25)/t16-/m0/s1. The maximum absolute atomic E-state index is 12.3. The molecule has 30 heavy (non-hydrogen) atoms. The van der Waals surface area contributed by atoms with Crippen molar-refractivity contribution >= 4 is 29.2 Å². The Labute approximate surface area is 172 Å². The van der Waals surface area contributed by atoms with E-state index >= 15 is 0 Å². The van der Waals surface area contributed by atoms with E-state index in [-0.39, 0.29) is 30.2 Å². The minimum Gasteiger partial charge on any atom is -0.455 e. The summed E-state index contributed by atoms with van der Waals surface area (Å²) in [6.07, 6.45) is 0.0391. The van der Waals surface area contributed by atoms with Crippen molar-refractivity contribution in [3.63, 3.8) is 0 Å². The molecule has 0 aromatic heterocycles. The van der Waals surface area contributed by atoms with Gasteiger partial charge in [-0.1, -0.05) is 36.4 Å².